The van der Waals surface area contributed by atoms with Crippen LogP contribution >= 0.6 is 11.6 Å². The quantitative estimate of drug-likeness (QED) is 0.720. The normalized spacial score (nSPS) is 15.8. The summed E-state index contributed by atoms with van der Waals surface area (Å²) >= 11 is 5.99. The molecular weight excluding hydrogens is 370 g/mol. The SMILES string of the molecule is CS(=O)(=O)c1ccc2ncnc(NCC3(c4ccc(Cl)cc4)CC3)c2c1. The van der Waals surface area contributed by atoms with Crippen LogP contribution in [0.15, 0.2) is 53.7 Å². The van der Waals surface area contributed by atoms with Crippen molar-refractivity contribution < 1.29 is 8.42 Å². The highest BCUT2D eigenvalue weighted by Crippen LogP contribution is 2.48. The fourth-order valence-electron chi connectivity index (χ4n) is 3.18. The van der Waals surface area contributed by atoms with E-state index < -0.39 is 9.84 Å². The maximum atomic E-state index is 11.9. The number of halogens is 1. The maximum absolute atomic E-state index is 11.9. The van der Waals surface area contributed by atoms with Crippen molar-refractivity contribution in [3.63, 3.8) is 0 Å². The molecule has 0 unspecified atom stereocenters. The van der Waals surface area contributed by atoms with Gasteiger partial charge in [0.1, 0.15) is 12.1 Å². The number of fused-ring (bicyclic) bond motifs is 1. The van der Waals surface area contributed by atoms with Crippen molar-refractivity contribution in [1.82, 2.24) is 9.97 Å². The Bertz CT molecular complexity index is 1080. The smallest absolute Gasteiger partial charge is 0.175 e. The summed E-state index contributed by atoms with van der Waals surface area (Å²) < 4.78 is 23.7. The average Bonchev–Trinajstić information content (AvgIpc) is 3.40. The second-order valence-corrected chi connectivity index (χ2v) is 9.27. The van der Waals surface area contributed by atoms with Gasteiger partial charge < -0.3 is 5.32 Å². The first-order valence-corrected chi connectivity index (χ1v) is 10.6. The monoisotopic (exact) mass is 387 g/mol. The topological polar surface area (TPSA) is 72.0 Å². The number of benzene rings is 2. The molecule has 1 N–H and O–H groups in total. The van der Waals surface area contributed by atoms with Gasteiger partial charge in [-0.1, -0.05) is 23.7 Å². The van der Waals surface area contributed by atoms with E-state index in [4.69, 9.17) is 11.6 Å². The lowest BCUT2D eigenvalue weighted by atomic mass is 9.96. The van der Waals surface area contributed by atoms with Crippen molar-refractivity contribution in [2.75, 3.05) is 18.1 Å². The number of nitrogens with one attached hydrogen (secondary N) is 1. The highest BCUT2D eigenvalue weighted by Gasteiger charge is 2.44. The molecule has 7 heteroatoms. The van der Waals surface area contributed by atoms with Gasteiger partial charge in [0.05, 0.1) is 10.4 Å². The van der Waals surface area contributed by atoms with Gasteiger partial charge in [-0.15, -0.1) is 0 Å². The maximum Gasteiger partial charge on any atom is 0.175 e. The lowest BCUT2D eigenvalue weighted by Gasteiger charge is -2.18. The third kappa shape index (κ3) is 3.27. The number of rotatable bonds is 5. The standard InChI is InChI=1S/C19H18ClN3O2S/c1-26(24,25)15-6-7-17-16(10-15)18(23-12-22-17)21-11-19(8-9-19)13-2-4-14(20)5-3-13/h2-7,10,12H,8-9,11H2,1H3,(H,21,22,23). The molecule has 0 saturated heterocycles. The fourth-order valence-corrected chi connectivity index (χ4v) is 3.96. The second kappa shape index (κ2) is 6.21. The molecule has 0 aliphatic heterocycles. The van der Waals surface area contributed by atoms with Crippen LogP contribution in [0.4, 0.5) is 5.82 Å². The number of hydrogen-bond donors (Lipinski definition) is 1. The van der Waals surface area contributed by atoms with E-state index in [0.717, 1.165) is 24.4 Å². The molecule has 2 aromatic carbocycles. The Labute approximate surface area is 157 Å². The first kappa shape index (κ1) is 17.2. The summed E-state index contributed by atoms with van der Waals surface area (Å²) in [5.74, 6) is 0.653. The van der Waals surface area contributed by atoms with E-state index in [9.17, 15) is 8.42 Å². The lowest BCUT2D eigenvalue weighted by molar-refractivity contribution is 0.602. The van der Waals surface area contributed by atoms with Crippen LogP contribution in [0.5, 0.6) is 0 Å². The summed E-state index contributed by atoms with van der Waals surface area (Å²) in [5.41, 5.74) is 2.05. The van der Waals surface area contributed by atoms with Crippen molar-refractivity contribution >= 4 is 38.2 Å². The molecule has 0 spiro atoms. The van der Waals surface area contributed by atoms with Gasteiger partial charge in [-0.25, -0.2) is 18.4 Å². The molecule has 1 aromatic heterocycles. The van der Waals surface area contributed by atoms with Crippen LogP contribution < -0.4 is 5.32 Å². The molecule has 0 atom stereocenters. The highest BCUT2D eigenvalue weighted by molar-refractivity contribution is 7.90. The Morgan fingerprint density at radius 2 is 1.85 bits per heavy atom. The summed E-state index contributed by atoms with van der Waals surface area (Å²) in [6.45, 7) is 0.726. The molecule has 134 valence electrons. The van der Waals surface area contributed by atoms with E-state index in [1.807, 2.05) is 12.1 Å². The molecule has 1 fully saturated rings. The van der Waals surface area contributed by atoms with Gasteiger partial charge in [0.15, 0.2) is 9.84 Å². The summed E-state index contributed by atoms with van der Waals surface area (Å²) in [4.78, 5) is 8.83. The summed E-state index contributed by atoms with van der Waals surface area (Å²) in [6, 6.07) is 12.9. The summed E-state index contributed by atoms with van der Waals surface area (Å²) in [5, 5.41) is 4.84. The van der Waals surface area contributed by atoms with Crippen molar-refractivity contribution in [2.45, 2.75) is 23.2 Å². The predicted molar refractivity (Wildman–Crippen MR) is 104 cm³/mol. The molecule has 0 bridgehead atoms. The number of aromatic nitrogens is 2. The molecule has 26 heavy (non-hydrogen) atoms. The van der Waals surface area contributed by atoms with Crippen molar-refractivity contribution in [3.8, 4) is 0 Å². The number of anilines is 1. The van der Waals surface area contributed by atoms with E-state index in [1.54, 1.807) is 18.2 Å². The van der Waals surface area contributed by atoms with E-state index in [0.29, 0.717) is 16.7 Å². The Morgan fingerprint density at radius 3 is 2.50 bits per heavy atom. The van der Waals surface area contributed by atoms with Gasteiger partial charge in [0, 0.05) is 28.6 Å². The fraction of sp³-hybridized carbons (Fsp3) is 0.263. The van der Waals surface area contributed by atoms with Crippen LogP contribution in [0.25, 0.3) is 10.9 Å². The zero-order chi connectivity index (χ0) is 18.4. The minimum absolute atomic E-state index is 0.0797. The molecule has 1 saturated carbocycles. The molecule has 1 aliphatic carbocycles. The van der Waals surface area contributed by atoms with Crippen molar-refractivity contribution in [2.24, 2.45) is 0 Å². The van der Waals surface area contributed by atoms with E-state index in [1.165, 1.54) is 18.1 Å². The minimum atomic E-state index is -3.28. The molecular formula is C19H18ClN3O2S. The Hall–Kier alpha value is -2.18. The van der Waals surface area contributed by atoms with Crippen LogP contribution in [-0.4, -0.2) is 31.2 Å². The van der Waals surface area contributed by atoms with Gasteiger partial charge in [-0.05, 0) is 48.7 Å². The van der Waals surface area contributed by atoms with Crippen LogP contribution in [-0.2, 0) is 15.3 Å². The van der Waals surface area contributed by atoms with E-state index in [2.05, 4.69) is 27.4 Å². The van der Waals surface area contributed by atoms with Gasteiger partial charge in [0.2, 0.25) is 0 Å². The van der Waals surface area contributed by atoms with Crippen LogP contribution in [0.2, 0.25) is 5.02 Å². The van der Waals surface area contributed by atoms with E-state index >= 15 is 0 Å². The first-order chi connectivity index (χ1) is 12.4. The van der Waals surface area contributed by atoms with Crippen molar-refractivity contribution in [3.05, 3.63) is 59.4 Å². The van der Waals surface area contributed by atoms with Gasteiger partial charge in [-0.2, -0.15) is 0 Å². The summed E-state index contributed by atoms with van der Waals surface area (Å²) in [6.07, 6.45) is 4.88. The third-order valence-corrected chi connectivity index (χ3v) is 6.30. The molecule has 1 heterocycles. The van der Waals surface area contributed by atoms with Crippen LogP contribution in [0, 0.1) is 0 Å². The van der Waals surface area contributed by atoms with Crippen LogP contribution in [0.3, 0.4) is 0 Å². The van der Waals surface area contributed by atoms with Gasteiger partial charge >= 0.3 is 0 Å². The average molecular weight is 388 g/mol. The molecule has 3 aromatic rings. The zero-order valence-electron chi connectivity index (χ0n) is 14.2. The van der Waals surface area contributed by atoms with Crippen LogP contribution in [0.1, 0.15) is 18.4 Å². The highest BCUT2D eigenvalue weighted by atomic mass is 35.5. The predicted octanol–water partition coefficient (Wildman–Crippen LogP) is 3.83. The Morgan fingerprint density at radius 1 is 1.12 bits per heavy atom. The number of hydrogen-bond acceptors (Lipinski definition) is 5. The van der Waals surface area contributed by atoms with Gasteiger partial charge in [-0.3, -0.25) is 0 Å². The second-order valence-electron chi connectivity index (χ2n) is 6.81. The largest absolute Gasteiger partial charge is 0.369 e. The lowest BCUT2D eigenvalue weighted by Crippen LogP contribution is -2.20. The minimum Gasteiger partial charge on any atom is -0.369 e. The zero-order valence-corrected chi connectivity index (χ0v) is 15.8. The molecule has 0 amide bonds. The van der Waals surface area contributed by atoms with Crippen molar-refractivity contribution in [1.29, 1.82) is 0 Å². The van der Waals surface area contributed by atoms with Gasteiger partial charge in [0.25, 0.3) is 0 Å². The molecule has 4 rings (SSSR count). The molecule has 5 nitrogen and oxygen atoms in total. The Kier molecular flexibility index (Phi) is 4.12. The molecule has 1 aliphatic rings. The number of nitrogens with zero attached hydrogens (tertiary/aromatic N) is 2. The first-order valence-electron chi connectivity index (χ1n) is 8.32. The summed E-state index contributed by atoms with van der Waals surface area (Å²) in [7, 11) is -3.28. The van der Waals surface area contributed by atoms with E-state index in [-0.39, 0.29) is 10.3 Å². The third-order valence-electron chi connectivity index (χ3n) is 4.94. The molecule has 0 radical (unpaired) electrons. The number of sulfone groups is 1. The Balaban J connectivity index is 1.64.